The lowest BCUT2D eigenvalue weighted by atomic mass is 10.2. The van der Waals surface area contributed by atoms with Crippen molar-refractivity contribution in [1.29, 1.82) is 0 Å². The molecule has 1 aliphatic rings. The lowest BCUT2D eigenvalue weighted by Crippen LogP contribution is -2.34. The monoisotopic (exact) mass is 371 g/mol. The molecule has 1 N–H and O–H groups in total. The van der Waals surface area contributed by atoms with Crippen LogP contribution in [0.15, 0.2) is 42.5 Å². The summed E-state index contributed by atoms with van der Waals surface area (Å²) in [5, 5.41) is 13.8. The summed E-state index contributed by atoms with van der Waals surface area (Å²) in [7, 11) is 0. The molecule has 142 valence electrons. The number of nitro benzene ring substituents is 1. The summed E-state index contributed by atoms with van der Waals surface area (Å²) >= 11 is 0. The molecule has 0 unspecified atom stereocenters. The van der Waals surface area contributed by atoms with Gasteiger partial charge in [0.2, 0.25) is 0 Å². The molecule has 2 aromatic carbocycles. The molecule has 0 bridgehead atoms. The van der Waals surface area contributed by atoms with Crippen LogP contribution < -0.4 is 14.8 Å². The highest BCUT2D eigenvalue weighted by molar-refractivity contribution is 5.89. The Labute approximate surface area is 156 Å². The van der Waals surface area contributed by atoms with Gasteiger partial charge in [0.05, 0.1) is 18.1 Å². The lowest BCUT2D eigenvalue weighted by Gasteiger charge is -2.22. The van der Waals surface area contributed by atoms with Gasteiger partial charge in [-0.2, -0.15) is 0 Å². The maximum absolute atomic E-state index is 12.6. The molecule has 0 atom stereocenters. The van der Waals surface area contributed by atoms with E-state index in [-0.39, 0.29) is 18.3 Å². The summed E-state index contributed by atoms with van der Waals surface area (Å²) in [6.45, 7) is 3.75. The molecule has 8 nitrogen and oxygen atoms in total. The molecule has 8 heteroatoms. The fraction of sp³-hybridized carbons (Fsp3) is 0.316. The fourth-order valence-electron chi connectivity index (χ4n) is 2.76. The minimum Gasteiger partial charge on any atom is -0.490 e. The Balaban J connectivity index is 1.69. The zero-order valence-corrected chi connectivity index (χ0v) is 15.0. The molecule has 0 spiro atoms. The van der Waals surface area contributed by atoms with E-state index in [0.717, 1.165) is 6.42 Å². The van der Waals surface area contributed by atoms with Crippen LogP contribution in [-0.2, 0) is 6.54 Å². The fourth-order valence-corrected chi connectivity index (χ4v) is 2.76. The second-order valence-corrected chi connectivity index (χ2v) is 6.08. The van der Waals surface area contributed by atoms with E-state index in [4.69, 9.17) is 9.47 Å². The average molecular weight is 371 g/mol. The topological polar surface area (TPSA) is 93.9 Å². The number of ether oxygens (including phenoxy) is 2. The van der Waals surface area contributed by atoms with Crippen molar-refractivity contribution in [1.82, 2.24) is 4.90 Å². The predicted octanol–water partition coefficient (Wildman–Crippen LogP) is 3.81. The number of nitrogens with zero attached hydrogens (tertiary/aromatic N) is 2. The smallest absolute Gasteiger partial charge is 0.322 e. The molecular weight excluding hydrogens is 350 g/mol. The van der Waals surface area contributed by atoms with Crippen LogP contribution in [0, 0.1) is 10.1 Å². The van der Waals surface area contributed by atoms with E-state index in [1.807, 2.05) is 6.92 Å². The highest BCUT2D eigenvalue weighted by Gasteiger charge is 2.16. The summed E-state index contributed by atoms with van der Waals surface area (Å²) in [6, 6.07) is 11.2. The first-order chi connectivity index (χ1) is 13.1. The van der Waals surface area contributed by atoms with Crippen molar-refractivity contribution in [3.63, 3.8) is 0 Å². The summed E-state index contributed by atoms with van der Waals surface area (Å²) in [5.41, 5.74) is 1.30. The van der Waals surface area contributed by atoms with Crippen molar-refractivity contribution in [3.05, 3.63) is 58.1 Å². The van der Waals surface area contributed by atoms with E-state index in [9.17, 15) is 14.9 Å². The van der Waals surface area contributed by atoms with Crippen molar-refractivity contribution in [2.45, 2.75) is 19.9 Å². The van der Waals surface area contributed by atoms with E-state index in [2.05, 4.69) is 5.32 Å². The Hall–Kier alpha value is -3.29. The van der Waals surface area contributed by atoms with Gasteiger partial charge >= 0.3 is 6.03 Å². The molecule has 1 aliphatic heterocycles. The first kappa shape index (κ1) is 18.5. The molecule has 0 saturated carbocycles. The normalized spacial score (nSPS) is 12.8. The molecule has 0 saturated heterocycles. The van der Waals surface area contributed by atoms with Crippen LogP contribution in [0.2, 0.25) is 0 Å². The van der Waals surface area contributed by atoms with Crippen LogP contribution in [0.1, 0.15) is 18.9 Å². The minimum atomic E-state index is -0.447. The van der Waals surface area contributed by atoms with Gasteiger partial charge in [0.25, 0.3) is 5.69 Å². The van der Waals surface area contributed by atoms with Gasteiger partial charge in [-0.1, -0.05) is 12.1 Å². The molecule has 3 rings (SSSR count). The first-order valence-corrected chi connectivity index (χ1v) is 8.75. The van der Waals surface area contributed by atoms with E-state index in [1.165, 1.54) is 12.1 Å². The molecule has 2 aromatic rings. The summed E-state index contributed by atoms with van der Waals surface area (Å²) in [6.07, 6.45) is 0.809. The maximum Gasteiger partial charge on any atom is 0.322 e. The molecular formula is C19H21N3O5. The van der Waals surface area contributed by atoms with Crippen molar-refractivity contribution in [2.24, 2.45) is 0 Å². The number of carbonyl (C=O) groups excluding carboxylic acids is 1. The second kappa shape index (κ2) is 8.39. The number of urea groups is 1. The zero-order valence-electron chi connectivity index (χ0n) is 15.0. The number of nitrogens with one attached hydrogen (secondary N) is 1. The number of hydrogen-bond acceptors (Lipinski definition) is 5. The van der Waals surface area contributed by atoms with Crippen LogP contribution in [0.25, 0.3) is 0 Å². The van der Waals surface area contributed by atoms with Crippen molar-refractivity contribution < 1.29 is 19.2 Å². The number of anilines is 1. The third-order valence-corrected chi connectivity index (χ3v) is 4.16. The molecule has 0 aromatic heterocycles. The quantitative estimate of drug-likeness (QED) is 0.637. The number of rotatable bonds is 5. The Morgan fingerprint density at radius 3 is 2.70 bits per heavy atom. The summed E-state index contributed by atoms with van der Waals surface area (Å²) < 4.78 is 11.2. The maximum atomic E-state index is 12.6. The molecule has 0 aliphatic carbocycles. The third-order valence-electron chi connectivity index (χ3n) is 4.16. The van der Waals surface area contributed by atoms with E-state index in [1.54, 1.807) is 35.2 Å². The minimum absolute atomic E-state index is 0.00635. The first-order valence-electron chi connectivity index (χ1n) is 8.75. The van der Waals surface area contributed by atoms with Crippen LogP contribution in [0.5, 0.6) is 11.5 Å². The highest BCUT2D eigenvalue weighted by Crippen LogP contribution is 2.32. The van der Waals surface area contributed by atoms with Gasteiger partial charge in [-0.3, -0.25) is 10.1 Å². The largest absolute Gasteiger partial charge is 0.490 e. The van der Waals surface area contributed by atoms with Crippen LogP contribution >= 0.6 is 0 Å². The average Bonchev–Trinajstić information content (AvgIpc) is 2.91. The van der Waals surface area contributed by atoms with Crippen LogP contribution in [-0.4, -0.2) is 35.6 Å². The Morgan fingerprint density at radius 1 is 1.19 bits per heavy atom. The third kappa shape index (κ3) is 4.66. The van der Waals surface area contributed by atoms with E-state index in [0.29, 0.717) is 42.5 Å². The number of amides is 2. The summed E-state index contributed by atoms with van der Waals surface area (Å²) in [5.74, 6) is 1.27. The number of hydrogen-bond donors (Lipinski definition) is 1. The standard InChI is InChI=1S/C19H21N3O5/c1-2-21(13-14-5-3-6-16(11-14)22(24)25)19(23)20-15-7-8-17-18(12-15)27-10-4-9-26-17/h3,5-8,11-12H,2,4,9-10,13H2,1H3,(H,20,23). The van der Waals surface area contributed by atoms with Crippen molar-refractivity contribution in [2.75, 3.05) is 25.1 Å². The molecule has 1 heterocycles. The number of non-ortho nitro benzene ring substituents is 1. The van der Waals surface area contributed by atoms with E-state index >= 15 is 0 Å². The van der Waals surface area contributed by atoms with Gasteiger partial charge in [0, 0.05) is 43.4 Å². The van der Waals surface area contributed by atoms with Crippen molar-refractivity contribution >= 4 is 17.4 Å². The second-order valence-electron chi connectivity index (χ2n) is 6.08. The van der Waals surface area contributed by atoms with E-state index < -0.39 is 4.92 Å². The van der Waals surface area contributed by atoms with Crippen LogP contribution in [0.3, 0.4) is 0 Å². The number of fused-ring (bicyclic) bond motifs is 1. The Morgan fingerprint density at radius 2 is 1.96 bits per heavy atom. The lowest BCUT2D eigenvalue weighted by molar-refractivity contribution is -0.384. The van der Waals surface area contributed by atoms with Gasteiger partial charge in [0.15, 0.2) is 11.5 Å². The number of benzene rings is 2. The van der Waals surface area contributed by atoms with Crippen molar-refractivity contribution in [3.8, 4) is 11.5 Å². The van der Waals surface area contributed by atoms with Gasteiger partial charge in [0.1, 0.15) is 0 Å². The number of carbonyl (C=O) groups is 1. The highest BCUT2D eigenvalue weighted by atomic mass is 16.6. The number of nitro groups is 1. The molecule has 27 heavy (non-hydrogen) atoms. The van der Waals surface area contributed by atoms with Gasteiger partial charge in [-0.15, -0.1) is 0 Å². The van der Waals surface area contributed by atoms with Gasteiger partial charge in [-0.25, -0.2) is 4.79 Å². The SMILES string of the molecule is CCN(Cc1cccc([N+](=O)[O-])c1)C(=O)Nc1ccc2c(c1)OCCCO2. The molecule has 0 fully saturated rings. The predicted molar refractivity (Wildman–Crippen MR) is 100 cm³/mol. The molecule has 2 amide bonds. The van der Waals surface area contributed by atoms with Gasteiger partial charge in [-0.05, 0) is 24.6 Å². The van der Waals surface area contributed by atoms with Crippen LogP contribution in [0.4, 0.5) is 16.2 Å². The Bertz CT molecular complexity index is 840. The Kier molecular flexibility index (Phi) is 5.75. The summed E-state index contributed by atoms with van der Waals surface area (Å²) in [4.78, 5) is 24.7. The van der Waals surface area contributed by atoms with Gasteiger partial charge < -0.3 is 19.7 Å². The zero-order chi connectivity index (χ0) is 19.2. The molecule has 0 radical (unpaired) electrons.